The lowest BCUT2D eigenvalue weighted by Gasteiger charge is -2.35. The second kappa shape index (κ2) is 10.6. The molecule has 1 saturated heterocycles. The Kier molecular flexibility index (Phi) is 8.08. The van der Waals surface area contributed by atoms with Crippen molar-refractivity contribution in [1.82, 2.24) is 14.5 Å². The molecule has 2 heterocycles. The second-order valence-corrected chi connectivity index (χ2v) is 10.6. The molecule has 0 N–H and O–H groups in total. The molecule has 7 heteroatoms. The third-order valence-electron chi connectivity index (χ3n) is 5.70. The van der Waals surface area contributed by atoms with Gasteiger partial charge in [0.25, 0.3) is 0 Å². The van der Waals surface area contributed by atoms with Crippen LogP contribution in [0.3, 0.4) is 0 Å². The van der Waals surface area contributed by atoms with Crippen molar-refractivity contribution < 1.29 is 13.2 Å². The first-order valence-electron chi connectivity index (χ1n) is 10.9. The Morgan fingerprint density at radius 3 is 2.67 bits per heavy atom. The third kappa shape index (κ3) is 5.93. The summed E-state index contributed by atoms with van der Waals surface area (Å²) in [5.74, 6) is 0.303. The molecule has 0 unspecified atom stereocenters. The number of ether oxygens (including phenoxy) is 1. The third-order valence-corrected chi connectivity index (χ3v) is 7.29. The van der Waals surface area contributed by atoms with Crippen LogP contribution in [0.2, 0.25) is 0 Å². The minimum absolute atomic E-state index is 0.0252. The van der Waals surface area contributed by atoms with Gasteiger partial charge in [-0.05, 0) is 37.3 Å². The molecule has 0 amide bonds. The Balaban J connectivity index is 1.86. The van der Waals surface area contributed by atoms with E-state index in [2.05, 4.69) is 23.7 Å². The lowest BCUT2D eigenvalue weighted by Crippen LogP contribution is -2.40. The first-order chi connectivity index (χ1) is 14.4. The number of hydrogen-bond acceptors (Lipinski definition) is 5. The van der Waals surface area contributed by atoms with Crippen LogP contribution >= 0.6 is 0 Å². The molecule has 30 heavy (non-hydrogen) atoms. The molecule has 0 radical (unpaired) electrons. The number of likely N-dealkylation sites (tertiary alicyclic amines) is 1. The van der Waals surface area contributed by atoms with Gasteiger partial charge in [0.2, 0.25) is 15.0 Å². The number of sulfone groups is 1. The van der Waals surface area contributed by atoms with Gasteiger partial charge in [-0.15, -0.1) is 0 Å². The Bertz CT molecular complexity index is 894. The summed E-state index contributed by atoms with van der Waals surface area (Å²) in [6.07, 6.45) is 6.37. The van der Waals surface area contributed by atoms with Crippen molar-refractivity contribution >= 4 is 9.84 Å². The normalized spacial score (nSPS) is 18.2. The largest absolute Gasteiger partial charge is 0.385 e. The number of methoxy groups -OCH3 is 1. The molecular weight excluding hydrogens is 398 g/mol. The average molecular weight is 434 g/mol. The predicted molar refractivity (Wildman–Crippen MR) is 119 cm³/mol. The van der Waals surface area contributed by atoms with E-state index in [1.165, 1.54) is 19.3 Å². The number of benzene rings is 1. The lowest BCUT2D eigenvalue weighted by atomic mass is 9.99. The van der Waals surface area contributed by atoms with Crippen LogP contribution in [0.1, 0.15) is 50.8 Å². The maximum absolute atomic E-state index is 13.2. The summed E-state index contributed by atoms with van der Waals surface area (Å²) < 4.78 is 33.6. The van der Waals surface area contributed by atoms with Gasteiger partial charge in [-0.1, -0.05) is 50.6 Å². The topological polar surface area (TPSA) is 64.4 Å². The molecule has 0 bridgehead atoms. The highest BCUT2D eigenvalue weighted by molar-refractivity contribution is 7.90. The van der Waals surface area contributed by atoms with Gasteiger partial charge in [0.1, 0.15) is 0 Å². The molecule has 166 valence electrons. The minimum Gasteiger partial charge on any atom is -0.385 e. The molecule has 1 aliphatic heterocycles. The van der Waals surface area contributed by atoms with Gasteiger partial charge in [0, 0.05) is 32.8 Å². The van der Waals surface area contributed by atoms with Gasteiger partial charge in [0.05, 0.1) is 17.6 Å². The number of aromatic nitrogens is 2. The van der Waals surface area contributed by atoms with Crippen LogP contribution in [0.5, 0.6) is 0 Å². The fourth-order valence-corrected chi connectivity index (χ4v) is 5.74. The molecule has 0 spiro atoms. The van der Waals surface area contributed by atoms with Crippen LogP contribution < -0.4 is 0 Å². The van der Waals surface area contributed by atoms with E-state index in [4.69, 9.17) is 4.74 Å². The van der Waals surface area contributed by atoms with E-state index < -0.39 is 9.84 Å². The van der Waals surface area contributed by atoms with Gasteiger partial charge in [-0.25, -0.2) is 13.4 Å². The first kappa shape index (κ1) is 23.0. The number of hydrogen-bond donors (Lipinski definition) is 0. The second-order valence-electron chi connectivity index (χ2n) is 8.68. The van der Waals surface area contributed by atoms with Crippen molar-refractivity contribution in [2.24, 2.45) is 5.92 Å². The van der Waals surface area contributed by atoms with E-state index >= 15 is 0 Å². The Morgan fingerprint density at radius 1 is 1.20 bits per heavy atom. The van der Waals surface area contributed by atoms with E-state index in [0.717, 1.165) is 37.4 Å². The summed E-state index contributed by atoms with van der Waals surface area (Å²) in [6, 6.07) is 9.81. The highest BCUT2D eigenvalue weighted by Crippen LogP contribution is 2.25. The smallest absolute Gasteiger partial charge is 0.228 e. The zero-order valence-corrected chi connectivity index (χ0v) is 19.3. The molecule has 0 aliphatic carbocycles. The van der Waals surface area contributed by atoms with Crippen molar-refractivity contribution in [3.05, 3.63) is 47.8 Å². The summed E-state index contributed by atoms with van der Waals surface area (Å²) in [5, 5.41) is 0.195. The van der Waals surface area contributed by atoms with Crippen LogP contribution in [-0.2, 0) is 33.4 Å². The van der Waals surface area contributed by atoms with E-state index in [0.29, 0.717) is 18.5 Å². The van der Waals surface area contributed by atoms with Crippen molar-refractivity contribution in [2.75, 3.05) is 20.3 Å². The van der Waals surface area contributed by atoms with E-state index in [-0.39, 0.29) is 10.9 Å². The van der Waals surface area contributed by atoms with E-state index in [9.17, 15) is 8.42 Å². The van der Waals surface area contributed by atoms with Crippen LogP contribution in [0.4, 0.5) is 0 Å². The Hall–Kier alpha value is -1.70. The number of rotatable bonds is 10. The Labute approximate surface area is 181 Å². The first-order valence-corrected chi connectivity index (χ1v) is 12.6. The lowest BCUT2D eigenvalue weighted by molar-refractivity contribution is 0.0950. The van der Waals surface area contributed by atoms with E-state index in [1.54, 1.807) is 13.3 Å². The van der Waals surface area contributed by atoms with Gasteiger partial charge >= 0.3 is 0 Å². The highest BCUT2D eigenvalue weighted by Gasteiger charge is 2.27. The molecular formula is C23H35N3O3S. The molecule has 1 atom stereocenters. The van der Waals surface area contributed by atoms with Crippen molar-refractivity contribution in [3.8, 4) is 0 Å². The van der Waals surface area contributed by atoms with Crippen molar-refractivity contribution in [1.29, 1.82) is 0 Å². The maximum Gasteiger partial charge on any atom is 0.228 e. The number of nitrogens with zero attached hydrogens (tertiary/aromatic N) is 3. The summed E-state index contributed by atoms with van der Waals surface area (Å²) in [4.78, 5) is 6.89. The molecule has 1 aromatic heterocycles. The summed E-state index contributed by atoms with van der Waals surface area (Å²) in [6.45, 7) is 7.39. The van der Waals surface area contributed by atoms with Crippen molar-refractivity contribution in [3.63, 3.8) is 0 Å². The molecule has 0 saturated carbocycles. The Morgan fingerprint density at radius 2 is 1.97 bits per heavy atom. The van der Waals surface area contributed by atoms with Crippen molar-refractivity contribution in [2.45, 2.75) is 69.6 Å². The average Bonchev–Trinajstić information content (AvgIpc) is 3.10. The van der Waals surface area contributed by atoms with Crippen LogP contribution in [0.15, 0.2) is 41.7 Å². The molecule has 1 fully saturated rings. The predicted octanol–water partition coefficient (Wildman–Crippen LogP) is 3.90. The molecule has 1 aromatic carbocycles. The number of imidazole rings is 1. The van der Waals surface area contributed by atoms with Gasteiger partial charge in [0.15, 0.2) is 0 Å². The van der Waals surface area contributed by atoms with E-state index in [1.807, 2.05) is 34.9 Å². The van der Waals surface area contributed by atoms with Crippen LogP contribution in [0, 0.1) is 5.92 Å². The standard InChI is InChI=1S/C23H35N3O3S/c1-19(2)16-26-22(17-25-13-8-7-11-21(25)12-14-29-3)15-24-23(26)30(27,28)18-20-9-5-4-6-10-20/h4-6,9-10,15,19,21H,7-8,11-14,16-18H2,1-3H3/t21-/m0/s1. The number of piperidine rings is 1. The molecule has 6 nitrogen and oxygen atoms in total. The van der Waals surface area contributed by atoms with Gasteiger partial charge in [-0.3, -0.25) is 4.90 Å². The van der Waals surface area contributed by atoms with Gasteiger partial charge < -0.3 is 9.30 Å². The zero-order chi connectivity index (χ0) is 21.6. The highest BCUT2D eigenvalue weighted by atomic mass is 32.2. The zero-order valence-electron chi connectivity index (χ0n) is 18.5. The fourth-order valence-electron chi connectivity index (χ4n) is 4.24. The summed E-state index contributed by atoms with van der Waals surface area (Å²) >= 11 is 0. The monoisotopic (exact) mass is 433 g/mol. The quantitative estimate of drug-likeness (QED) is 0.568. The van der Waals surface area contributed by atoms with Crippen LogP contribution in [0.25, 0.3) is 0 Å². The molecule has 2 aromatic rings. The maximum atomic E-state index is 13.2. The summed E-state index contributed by atoms with van der Waals surface area (Å²) in [5.41, 5.74) is 1.77. The fraction of sp³-hybridized carbons (Fsp3) is 0.609. The SMILES string of the molecule is COCC[C@@H]1CCCCN1Cc1cnc(S(=O)(=O)Cc2ccccc2)n1CC(C)C. The molecule has 1 aliphatic rings. The minimum atomic E-state index is -3.52. The summed E-state index contributed by atoms with van der Waals surface area (Å²) in [7, 11) is -1.78. The van der Waals surface area contributed by atoms with Crippen LogP contribution in [-0.4, -0.2) is 49.2 Å². The molecule has 3 rings (SSSR count). The van der Waals surface area contributed by atoms with Gasteiger partial charge in [-0.2, -0.15) is 0 Å².